The van der Waals surface area contributed by atoms with Crippen molar-refractivity contribution >= 4 is 11.7 Å². The van der Waals surface area contributed by atoms with Crippen LogP contribution in [0.3, 0.4) is 0 Å². The van der Waals surface area contributed by atoms with Crippen LogP contribution in [0.25, 0.3) is 0 Å². The van der Waals surface area contributed by atoms with E-state index in [0.717, 1.165) is 42.3 Å². The standard InChI is InChI=1S/C21H29N5O2/c1-5-28-18-8-6-7-16(11-18)15(4)23-17-9-10-26(12-17)21-13(2)14(3)24-20(25-21)19(22)27/h6-8,11,15,17,23H,5,9-10,12H2,1-4H3,(H2,22,27)/t15?,17-/m1/s1. The maximum atomic E-state index is 11.5. The molecular formula is C21H29N5O2. The van der Waals surface area contributed by atoms with Crippen molar-refractivity contribution in [3.8, 4) is 5.75 Å². The number of nitrogens with one attached hydrogen (secondary N) is 1. The van der Waals surface area contributed by atoms with E-state index in [9.17, 15) is 4.79 Å². The van der Waals surface area contributed by atoms with E-state index in [4.69, 9.17) is 10.5 Å². The Bertz CT molecular complexity index is 855. The molecule has 1 aromatic carbocycles. The van der Waals surface area contributed by atoms with Crippen LogP contribution in [0.15, 0.2) is 24.3 Å². The fraction of sp³-hybridized carbons (Fsp3) is 0.476. The van der Waals surface area contributed by atoms with Crippen LogP contribution in [0.1, 0.15) is 53.7 Å². The number of benzene rings is 1. The molecule has 0 bridgehead atoms. The summed E-state index contributed by atoms with van der Waals surface area (Å²) in [7, 11) is 0. The van der Waals surface area contributed by atoms with Gasteiger partial charge in [0.1, 0.15) is 11.6 Å². The minimum Gasteiger partial charge on any atom is -0.494 e. The van der Waals surface area contributed by atoms with Crippen molar-refractivity contribution in [1.29, 1.82) is 0 Å². The van der Waals surface area contributed by atoms with Gasteiger partial charge in [0.2, 0.25) is 5.82 Å². The van der Waals surface area contributed by atoms with Crippen molar-refractivity contribution in [2.75, 3.05) is 24.6 Å². The first-order valence-corrected chi connectivity index (χ1v) is 9.77. The van der Waals surface area contributed by atoms with Gasteiger partial charge < -0.3 is 20.7 Å². The number of primary amides is 1. The number of aromatic nitrogens is 2. The van der Waals surface area contributed by atoms with E-state index < -0.39 is 5.91 Å². The van der Waals surface area contributed by atoms with Gasteiger partial charge >= 0.3 is 0 Å². The van der Waals surface area contributed by atoms with Gasteiger partial charge in [-0.05, 0) is 51.8 Å². The molecule has 3 N–H and O–H groups in total. The quantitative estimate of drug-likeness (QED) is 0.763. The zero-order valence-electron chi connectivity index (χ0n) is 17.0. The Morgan fingerprint density at radius 2 is 2.18 bits per heavy atom. The van der Waals surface area contributed by atoms with Crippen LogP contribution in [-0.2, 0) is 0 Å². The fourth-order valence-corrected chi connectivity index (χ4v) is 3.61. The van der Waals surface area contributed by atoms with Gasteiger partial charge in [0, 0.05) is 36.4 Å². The highest BCUT2D eigenvalue weighted by Crippen LogP contribution is 2.26. The topological polar surface area (TPSA) is 93.4 Å². The Morgan fingerprint density at radius 1 is 1.39 bits per heavy atom. The van der Waals surface area contributed by atoms with Crippen LogP contribution >= 0.6 is 0 Å². The van der Waals surface area contributed by atoms with Crippen molar-refractivity contribution in [3.63, 3.8) is 0 Å². The molecule has 7 heteroatoms. The first kappa shape index (κ1) is 20.1. The van der Waals surface area contributed by atoms with Crippen molar-refractivity contribution < 1.29 is 9.53 Å². The molecule has 1 fully saturated rings. The zero-order chi connectivity index (χ0) is 20.3. The Balaban J connectivity index is 1.69. The highest BCUT2D eigenvalue weighted by atomic mass is 16.5. The number of hydrogen-bond acceptors (Lipinski definition) is 6. The number of amides is 1. The van der Waals surface area contributed by atoms with E-state index in [0.29, 0.717) is 12.6 Å². The lowest BCUT2D eigenvalue weighted by molar-refractivity contribution is 0.0990. The Morgan fingerprint density at radius 3 is 2.89 bits per heavy atom. The largest absolute Gasteiger partial charge is 0.494 e. The second-order valence-corrected chi connectivity index (χ2v) is 7.27. The van der Waals surface area contributed by atoms with Gasteiger partial charge in [-0.25, -0.2) is 9.97 Å². The number of nitrogens with zero attached hydrogens (tertiary/aromatic N) is 3. The molecule has 0 aliphatic carbocycles. The van der Waals surface area contributed by atoms with Crippen molar-refractivity contribution in [2.24, 2.45) is 5.73 Å². The summed E-state index contributed by atoms with van der Waals surface area (Å²) in [5.74, 6) is 1.18. The maximum absolute atomic E-state index is 11.5. The average Bonchev–Trinajstić information content (AvgIpc) is 3.12. The summed E-state index contributed by atoms with van der Waals surface area (Å²) >= 11 is 0. The molecule has 1 aromatic heterocycles. The summed E-state index contributed by atoms with van der Waals surface area (Å²) < 4.78 is 5.61. The highest BCUT2D eigenvalue weighted by molar-refractivity contribution is 5.89. The molecule has 1 aliphatic heterocycles. The van der Waals surface area contributed by atoms with Gasteiger partial charge in [0.25, 0.3) is 5.91 Å². The Kier molecular flexibility index (Phi) is 6.14. The van der Waals surface area contributed by atoms with Crippen LogP contribution in [0.4, 0.5) is 5.82 Å². The summed E-state index contributed by atoms with van der Waals surface area (Å²) in [6.07, 6.45) is 1.00. The van der Waals surface area contributed by atoms with Gasteiger partial charge in [0.05, 0.1) is 6.61 Å². The zero-order valence-corrected chi connectivity index (χ0v) is 17.0. The highest BCUT2D eigenvalue weighted by Gasteiger charge is 2.27. The predicted octanol–water partition coefficient (Wildman–Crippen LogP) is 2.52. The maximum Gasteiger partial charge on any atom is 0.286 e. The summed E-state index contributed by atoms with van der Waals surface area (Å²) in [6, 6.07) is 8.75. The molecule has 3 rings (SSSR count). The molecule has 7 nitrogen and oxygen atoms in total. The third kappa shape index (κ3) is 4.42. The van der Waals surface area contributed by atoms with E-state index in [1.165, 1.54) is 5.56 Å². The molecule has 1 saturated heterocycles. The Hall–Kier alpha value is -2.67. The predicted molar refractivity (Wildman–Crippen MR) is 110 cm³/mol. The molecule has 2 atom stereocenters. The van der Waals surface area contributed by atoms with E-state index in [1.54, 1.807) is 0 Å². The number of hydrogen-bond donors (Lipinski definition) is 2. The molecule has 1 aliphatic rings. The van der Waals surface area contributed by atoms with Crippen molar-refractivity contribution in [3.05, 3.63) is 46.9 Å². The molecule has 150 valence electrons. The van der Waals surface area contributed by atoms with Gasteiger partial charge in [-0.15, -0.1) is 0 Å². The normalized spacial score (nSPS) is 17.6. The molecule has 0 saturated carbocycles. The van der Waals surface area contributed by atoms with Crippen molar-refractivity contribution in [2.45, 2.75) is 46.2 Å². The molecule has 0 radical (unpaired) electrons. The van der Waals surface area contributed by atoms with E-state index in [1.807, 2.05) is 32.9 Å². The number of nitrogens with two attached hydrogens (primary N) is 1. The molecule has 0 spiro atoms. The Labute approximate surface area is 166 Å². The van der Waals surface area contributed by atoms with Crippen molar-refractivity contribution in [1.82, 2.24) is 15.3 Å². The lowest BCUT2D eigenvalue weighted by Gasteiger charge is -2.23. The number of aryl methyl sites for hydroxylation is 1. The SMILES string of the molecule is CCOc1cccc(C(C)N[C@@H]2CCN(c3nc(C(N)=O)nc(C)c3C)C2)c1. The molecule has 1 amide bonds. The fourth-order valence-electron chi connectivity index (χ4n) is 3.61. The number of rotatable bonds is 7. The van der Waals surface area contributed by atoms with E-state index in [2.05, 4.69) is 39.2 Å². The number of ether oxygens (including phenoxy) is 1. The van der Waals surface area contributed by atoms with Gasteiger partial charge in [-0.3, -0.25) is 4.79 Å². The third-order valence-electron chi connectivity index (χ3n) is 5.23. The van der Waals surface area contributed by atoms with Crippen LogP contribution in [0.2, 0.25) is 0 Å². The minimum atomic E-state index is -0.596. The van der Waals surface area contributed by atoms with Crippen LogP contribution in [0.5, 0.6) is 5.75 Å². The average molecular weight is 383 g/mol. The summed E-state index contributed by atoms with van der Waals surface area (Å²) in [5, 5.41) is 3.70. The first-order chi connectivity index (χ1) is 13.4. The third-order valence-corrected chi connectivity index (χ3v) is 5.23. The summed E-state index contributed by atoms with van der Waals surface area (Å²) in [5.41, 5.74) is 8.37. The van der Waals surface area contributed by atoms with Gasteiger partial charge in [-0.2, -0.15) is 0 Å². The van der Waals surface area contributed by atoms with Gasteiger partial charge in [0.15, 0.2) is 0 Å². The number of carbonyl (C=O) groups excluding carboxylic acids is 1. The molecule has 2 aromatic rings. The molecule has 28 heavy (non-hydrogen) atoms. The smallest absolute Gasteiger partial charge is 0.286 e. The van der Waals surface area contributed by atoms with E-state index >= 15 is 0 Å². The summed E-state index contributed by atoms with van der Waals surface area (Å²) in [6.45, 7) is 10.4. The van der Waals surface area contributed by atoms with Crippen LogP contribution < -0.4 is 20.7 Å². The number of carbonyl (C=O) groups is 1. The lowest BCUT2D eigenvalue weighted by Crippen LogP contribution is -2.35. The summed E-state index contributed by atoms with van der Waals surface area (Å²) in [4.78, 5) is 22.3. The van der Waals surface area contributed by atoms with Crippen LogP contribution in [-0.4, -0.2) is 41.6 Å². The van der Waals surface area contributed by atoms with E-state index in [-0.39, 0.29) is 11.9 Å². The lowest BCUT2D eigenvalue weighted by atomic mass is 10.1. The monoisotopic (exact) mass is 383 g/mol. The second-order valence-electron chi connectivity index (χ2n) is 7.27. The second kappa shape index (κ2) is 8.56. The number of anilines is 1. The molecular weight excluding hydrogens is 354 g/mol. The molecule has 2 heterocycles. The molecule has 1 unspecified atom stereocenters. The minimum absolute atomic E-state index is 0.0793. The van der Waals surface area contributed by atoms with Gasteiger partial charge in [-0.1, -0.05) is 12.1 Å². The van der Waals surface area contributed by atoms with Crippen LogP contribution in [0, 0.1) is 13.8 Å². The first-order valence-electron chi connectivity index (χ1n) is 9.77.